The molecule has 0 fully saturated rings. The second-order valence-electron chi connectivity index (χ2n) is 4.45. The molecule has 0 amide bonds. The molecule has 0 aliphatic heterocycles. The average Bonchev–Trinajstić information content (AvgIpc) is 2.93. The number of aliphatic imine (C=N–C) groups is 1. The number of halogens is 1. The zero-order valence-corrected chi connectivity index (χ0v) is 15.4. The molecule has 114 valence electrons. The number of thiazole rings is 1. The van der Waals surface area contributed by atoms with Gasteiger partial charge in [-0.15, -0.1) is 35.3 Å². The number of nitrogens with one attached hydrogen (secondary N) is 1. The van der Waals surface area contributed by atoms with Crippen molar-refractivity contribution in [2.24, 2.45) is 10.7 Å². The highest BCUT2D eigenvalue weighted by atomic mass is 127. The molecular weight excluding hydrogens is 395 g/mol. The Kier molecular flexibility index (Phi) is 7.66. The summed E-state index contributed by atoms with van der Waals surface area (Å²) in [4.78, 5) is 9.92. The van der Waals surface area contributed by atoms with Crippen LogP contribution in [0.25, 0.3) is 0 Å². The maximum atomic E-state index is 5.90. The van der Waals surface area contributed by atoms with Gasteiger partial charge >= 0.3 is 0 Å². The molecule has 0 unspecified atom stereocenters. The summed E-state index contributed by atoms with van der Waals surface area (Å²) < 4.78 is 0. The zero-order chi connectivity index (χ0) is 14.4. The van der Waals surface area contributed by atoms with Crippen LogP contribution in [0.5, 0.6) is 0 Å². The van der Waals surface area contributed by atoms with Gasteiger partial charge in [0.15, 0.2) is 5.96 Å². The number of aryl methyl sites for hydroxylation is 2. The molecule has 0 radical (unpaired) electrons. The van der Waals surface area contributed by atoms with E-state index in [9.17, 15) is 0 Å². The van der Waals surface area contributed by atoms with Gasteiger partial charge in [-0.2, -0.15) is 0 Å². The van der Waals surface area contributed by atoms with Gasteiger partial charge in [0.05, 0.1) is 6.54 Å². The molecule has 3 N–H and O–H groups in total. The van der Waals surface area contributed by atoms with E-state index in [-0.39, 0.29) is 24.0 Å². The average molecular weight is 416 g/mol. The molecule has 0 aliphatic carbocycles. The van der Waals surface area contributed by atoms with Gasteiger partial charge in [-0.05, 0) is 30.5 Å². The van der Waals surface area contributed by atoms with Gasteiger partial charge < -0.3 is 11.1 Å². The second-order valence-corrected chi connectivity index (χ2v) is 5.65. The van der Waals surface area contributed by atoms with Gasteiger partial charge in [0, 0.05) is 16.8 Å². The summed E-state index contributed by atoms with van der Waals surface area (Å²) in [5.41, 5.74) is 8.14. The first kappa shape index (κ1) is 17.9. The van der Waals surface area contributed by atoms with Crippen LogP contribution in [0.1, 0.15) is 29.3 Å². The van der Waals surface area contributed by atoms with Crippen molar-refractivity contribution in [3.8, 4) is 0 Å². The molecule has 4 nitrogen and oxygen atoms in total. The smallest absolute Gasteiger partial charge is 0.193 e. The van der Waals surface area contributed by atoms with Crippen molar-refractivity contribution in [3.63, 3.8) is 0 Å². The highest BCUT2D eigenvalue weighted by molar-refractivity contribution is 14.0. The minimum atomic E-state index is 0. The molecule has 0 atom stereocenters. The van der Waals surface area contributed by atoms with Crippen molar-refractivity contribution in [2.45, 2.75) is 33.2 Å². The fraction of sp³-hybridized carbons (Fsp3) is 0.333. The monoisotopic (exact) mass is 416 g/mol. The lowest BCUT2D eigenvalue weighted by Gasteiger charge is -2.06. The minimum Gasteiger partial charge on any atom is -0.370 e. The van der Waals surface area contributed by atoms with Crippen molar-refractivity contribution in [3.05, 3.63) is 45.9 Å². The largest absolute Gasteiger partial charge is 0.370 e. The Morgan fingerprint density at radius 1 is 1.33 bits per heavy atom. The lowest BCUT2D eigenvalue weighted by molar-refractivity contribution is 1.03. The van der Waals surface area contributed by atoms with Crippen molar-refractivity contribution in [1.82, 2.24) is 4.98 Å². The Bertz CT molecular complexity index is 595. The van der Waals surface area contributed by atoms with Crippen LogP contribution in [0.4, 0.5) is 5.69 Å². The second kappa shape index (κ2) is 8.99. The lowest BCUT2D eigenvalue weighted by Crippen LogP contribution is -2.22. The normalized spacial score (nSPS) is 11.0. The summed E-state index contributed by atoms with van der Waals surface area (Å²) in [7, 11) is 0. The summed E-state index contributed by atoms with van der Waals surface area (Å²) in [5.74, 6) is 0.423. The summed E-state index contributed by atoms with van der Waals surface area (Å²) >= 11 is 1.69. The van der Waals surface area contributed by atoms with E-state index in [4.69, 9.17) is 5.73 Å². The van der Waals surface area contributed by atoms with E-state index in [1.807, 2.05) is 18.3 Å². The Labute approximate surface area is 146 Å². The van der Waals surface area contributed by atoms with Gasteiger partial charge in [0.1, 0.15) is 5.01 Å². The molecule has 0 spiro atoms. The van der Waals surface area contributed by atoms with Crippen LogP contribution in [-0.4, -0.2) is 10.9 Å². The standard InChI is InChI=1S/C15H20N4S.HI/c1-3-11-6-5-7-12(8-11)19-15(16)18-10-14-17-9-13(4-2)20-14;/h5-9H,3-4,10H2,1-2H3,(H3,16,18,19);1H. The molecule has 6 heteroatoms. The summed E-state index contributed by atoms with van der Waals surface area (Å²) in [6.07, 6.45) is 3.92. The number of nitrogens with zero attached hydrogens (tertiary/aromatic N) is 2. The first-order valence-corrected chi connectivity index (χ1v) is 7.62. The Morgan fingerprint density at radius 2 is 2.14 bits per heavy atom. The van der Waals surface area contributed by atoms with E-state index in [0.29, 0.717) is 12.5 Å². The Balaban J connectivity index is 0.00000220. The van der Waals surface area contributed by atoms with Gasteiger partial charge in [-0.25, -0.2) is 9.98 Å². The van der Waals surface area contributed by atoms with E-state index in [0.717, 1.165) is 23.5 Å². The van der Waals surface area contributed by atoms with Gasteiger partial charge in [-0.1, -0.05) is 26.0 Å². The fourth-order valence-corrected chi connectivity index (χ4v) is 2.58. The van der Waals surface area contributed by atoms with E-state index in [2.05, 4.69) is 41.3 Å². The summed E-state index contributed by atoms with van der Waals surface area (Å²) in [6, 6.07) is 8.18. The van der Waals surface area contributed by atoms with E-state index < -0.39 is 0 Å². The van der Waals surface area contributed by atoms with Crippen LogP contribution in [0.2, 0.25) is 0 Å². The molecule has 0 saturated heterocycles. The predicted octanol–water partition coefficient (Wildman–Crippen LogP) is 3.81. The van der Waals surface area contributed by atoms with Crippen LogP contribution in [-0.2, 0) is 19.4 Å². The van der Waals surface area contributed by atoms with Gasteiger partial charge in [0.25, 0.3) is 0 Å². The number of hydrogen-bond acceptors (Lipinski definition) is 3. The number of hydrogen-bond donors (Lipinski definition) is 2. The van der Waals surface area contributed by atoms with Crippen molar-refractivity contribution < 1.29 is 0 Å². The highest BCUT2D eigenvalue weighted by Gasteiger charge is 2.00. The molecule has 0 aliphatic rings. The van der Waals surface area contributed by atoms with Crippen LogP contribution in [0, 0.1) is 0 Å². The fourth-order valence-electron chi connectivity index (χ4n) is 1.79. The number of nitrogens with two attached hydrogens (primary N) is 1. The maximum Gasteiger partial charge on any atom is 0.193 e. The van der Waals surface area contributed by atoms with Crippen LogP contribution >= 0.6 is 35.3 Å². The topological polar surface area (TPSA) is 63.3 Å². The molecule has 1 aromatic heterocycles. The summed E-state index contributed by atoms with van der Waals surface area (Å²) in [6.45, 7) is 4.78. The van der Waals surface area contributed by atoms with Crippen molar-refractivity contribution in [1.29, 1.82) is 0 Å². The third kappa shape index (κ3) is 5.62. The SMILES string of the molecule is CCc1cccc(NC(N)=NCc2ncc(CC)s2)c1.I. The molecule has 2 rings (SSSR count). The third-order valence-corrected chi connectivity index (χ3v) is 4.07. The lowest BCUT2D eigenvalue weighted by atomic mass is 10.1. The number of rotatable bonds is 5. The Morgan fingerprint density at radius 3 is 2.81 bits per heavy atom. The van der Waals surface area contributed by atoms with Gasteiger partial charge in [0.2, 0.25) is 0 Å². The molecular formula is C15H21IN4S. The number of anilines is 1. The quantitative estimate of drug-likeness (QED) is 0.443. The predicted molar refractivity (Wildman–Crippen MR) is 102 cm³/mol. The Hall–Kier alpha value is -1.15. The molecule has 0 bridgehead atoms. The van der Waals surface area contributed by atoms with Crippen LogP contribution in [0.15, 0.2) is 35.5 Å². The molecule has 21 heavy (non-hydrogen) atoms. The van der Waals surface area contributed by atoms with Crippen LogP contribution in [0.3, 0.4) is 0 Å². The molecule has 1 heterocycles. The molecule has 0 saturated carbocycles. The van der Waals surface area contributed by atoms with Crippen molar-refractivity contribution >= 4 is 47.0 Å². The zero-order valence-electron chi connectivity index (χ0n) is 12.3. The van der Waals surface area contributed by atoms with Crippen LogP contribution < -0.4 is 11.1 Å². The first-order valence-electron chi connectivity index (χ1n) is 6.80. The molecule has 2 aromatic rings. The number of aromatic nitrogens is 1. The first-order chi connectivity index (χ1) is 9.71. The third-order valence-electron chi connectivity index (χ3n) is 2.94. The van der Waals surface area contributed by atoms with E-state index >= 15 is 0 Å². The number of benzene rings is 1. The molecule has 1 aromatic carbocycles. The van der Waals surface area contributed by atoms with E-state index in [1.54, 1.807) is 11.3 Å². The summed E-state index contributed by atoms with van der Waals surface area (Å²) in [5, 5.41) is 4.11. The van der Waals surface area contributed by atoms with E-state index in [1.165, 1.54) is 10.4 Å². The van der Waals surface area contributed by atoms with Gasteiger partial charge in [-0.3, -0.25) is 0 Å². The minimum absolute atomic E-state index is 0. The highest BCUT2D eigenvalue weighted by Crippen LogP contribution is 2.14. The van der Waals surface area contributed by atoms with Crippen molar-refractivity contribution in [2.75, 3.05) is 5.32 Å². The maximum absolute atomic E-state index is 5.90. The number of guanidine groups is 1.